The van der Waals surface area contributed by atoms with Crippen LogP contribution < -0.4 is 22.1 Å². The Kier molecular flexibility index (Phi) is 21.8. The molecule has 0 heterocycles. The van der Waals surface area contributed by atoms with Gasteiger partial charge in [-0.15, -0.1) is 0 Å². The molecule has 0 unspecified atom stereocenters. The van der Waals surface area contributed by atoms with Gasteiger partial charge in [0.05, 0.1) is 6.61 Å². The molecule has 0 aliphatic heterocycles. The molecule has 0 bridgehead atoms. The third kappa shape index (κ3) is 16.8. The lowest BCUT2D eigenvalue weighted by molar-refractivity contribution is -0.136. The Morgan fingerprint density at radius 2 is 1.19 bits per heavy atom. The average molecular weight is 383 g/mol. The maximum atomic E-state index is 9.90. The minimum Gasteiger partial charge on any atom is -0.394 e. The molecule has 0 radical (unpaired) electrons. The highest BCUT2D eigenvalue weighted by Crippen LogP contribution is 2.02. The Balaban J connectivity index is 0. The molecule has 0 rings (SSSR count). The molecule has 10 nitrogen and oxygen atoms in total. The molecule has 0 aliphatic rings. The summed E-state index contributed by atoms with van der Waals surface area (Å²) in [6.45, 7) is 5.14. The number of nitrogens with one attached hydrogen (secondary N) is 2. The number of aldehydes is 1. The largest absolute Gasteiger partial charge is 0.394 e. The summed E-state index contributed by atoms with van der Waals surface area (Å²) in [6, 6.07) is 0. The van der Waals surface area contributed by atoms with Crippen molar-refractivity contribution in [3.8, 4) is 0 Å². The van der Waals surface area contributed by atoms with Gasteiger partial charge in [0.15, 0.2) is 6.29 Å². The lowest BCUT2D eigenvalue weighted by atomic mass is 10.0. The van der Waals surface area contributed by atoms with E-state index in [9.17, 15) is 4.79 Å². The standard InChI is InChI=1S/C10H26N4.C6H12O6/c11-5-3-9-13-7-1-2-8-14-10-4-6-12;7-1-3(9)5(11)6(12)4(10)2-8/h13-14H,1-12H2;1,3-6,8-12H,2H2/t;3-,4-,5-,6-/m.1/s1. The van der Waals surface area contributed by atoms with E-state index >= 15 is 0 Å². The second kappa shape index (κ2) is 20.6. The molecule has 10 heteroatoms. The van der Waals surface area contributed by atoms with Crippen LogP contribution in [0, 0.1) is 0 Å². The minimum absolute atomic E-state index is 0.0258. The summed E-state index contributed by atoms with van der Waals surface area (Å²) in [5.41, 5.74) is 10.8. The number of nitrogens with two attached hydrogens (primary N) is 2. The number of hydrogen-bond acceptors (Lipinski definition) is 10. The summed E-state index contributed by atoms with van der Waals surface area (Å²) < 4.78 is 0. The normalized spacial score (nSPS) is 15.5. The van der Waals surface area contributed by atoms with Crippen LogP contribution >= 0.6 is 0 Å². The van der Waals surface area contributed by atoms with E-state index < -0.39 is 31.0 Å². The molecular formula is C16H38N4O6. The molecule has 0 saturated carbocycles. The maximum Gasteiger partial charge on any atom is 0.151 e. The van der Waals surface area contributed by atoms with E-state index in [0.717, 1.165) is 52.1 Å². The number of aliphatic hydroxyl groups is 5. The first kappa shape index (κ1) is 27.5. The first-order valence-corrected chi connectivity index (χ1v) is 9.06. The van der Waals surface area contributed by atoms with Gasteiger partial charge in [-0.25, -0.2) is 0 Å². The quantitative estimate of drug-likeness (QED) is 0.0945. The Hall–Kier alpha value is -0.690. The van der Waals surface area contributed by atoms with Crippen molar-refractivity contribution >= 4 is 6.29 Å². The van der Waals surface area contributed by atoms with E-state index in [1.54, 1.807) is 0 Å². The van der Waals surface area contributed by atoms with Crippen LogP contribution in [0.3, 0.4) is 0 Å². The van der Waals surface area contributed by atoms with Crippen molar-refractivity contribution in [2.45, 2.75) is 50.1 Å². The van der Waals surface area contributed by atoms with Crippen molar-refractivity contribution in [2.24, 2.45) is 11.5 Å². The minimum atomic E-state index is -1.79. The molecule has 4 atom stereocenters. The Morgan fingerprint density at radius 1 is 0.769 bits per heavy atom. The highest BCUT2D eigenvalue weighted by atomic mass is 16.4. The molecule has 0 amide bonds. The molecule has 0 saturated heterocycles. The van der Waals surface area contributed by atoms with Crippen LogP contribution in [0.15, 0.2) is 0 Å². The summed E-state index contributed by atoms with van der Waals surface area (Å²) in [4.78, 5) is 9.90. The van der Waals surface area contributed by atoms with E-state index in [0.29, 0.717) is 0 Å². The lowest BCUT2D eigenvalue weighted by Gasteiger charge is -2.22. The van der Waals surface area contributed by atoms with Gasteiger partial charge >= 0.3 is 0 Å². The predicted molar refractivity (Wildman–Crippen MR) is 99.5 cm³/mol. The number of rotatable bonds is 16. The van der Waals surface area contributed by atoms with Crippen molar-refractivity contribution in [1.82, 2.24) is 10.6 Å². The second-order valence-electron chi connectivity index (χ2n) is 5.85. The number of aliphatic hydroxyl groups excluding tert-OH is 5. The van der Waals surface area contributed by atoms with Crippen molar-refractivity contribution in [3.63, 3.8) is 0 Å². The highest BCUT2D eigenvalue weighted by molar-refractivity contribution is 5.56. The van der Waals surface area contributed by atoms with Crippen LogP contribution in [0.2, 0.25) is 0 Å². The molecule has 0 aromatic rings. The second-order valence-corrected chi connectivity index (χ2v) is 5.85. The molecule has 0 aliphatic carbocycles. The van der Waals surface area contributed by atoms with Crippen LogP contribution in [-0.4, -0.2) is 102 Å². The van der Waals surface area contributed by atoms with Gasteiger partial charge in [0.1, 0.15) is 24.4 Å². The fourth-order valence-electron chi connectivity index (χ4n) is 1.82. The third-order valence-electron chi connectivity index (χ3n) is 3.49. The Morgan fingerprint density at radius 3 is 1.54 bits per heavy atom. The summed E-state index contributed by atoms with van der Waals surface area (Å²) in [5, 5.41) is 50.3. The van der Waals surface area contributed by atoms with Gasteiger partial charge in [0.2, 0.25) is 0 Å². The Bertz CT molecular complexity index is 290. The molecule has 0 aromatic heterocycles. The average Bonchev–Trinajstić information content (AvgIpc) is 2.67. The molecule has 11 N–H and O–H groups in total. The van der Waals surface area contributed by atoms with Crippen LogP contribution in [0.5, 0.6) is 0 Å². The zero-order chi connectivity index (χ0) is 20.2. The molecule has 0 spiro atoms. The van der Waals surface area contributed by atoms with Crippen LogP contribution in [0.25, 0.3) is 0 Å². The molecule has 26 heavy (non-hydrogen) atoms. The number of hydrogen-bond donors (Lipinski definition) is 9. The first-order chi connectivity index (χ1) is 12.5. The molecular weight excluding hydrogens is 344 g/mol. The van der Waals surface area contributed by atoms with Crippen LogP contribution in [0.4, 0.5) is 0 Å². The maximum absolute atomic E-state index is 9.90. The van der Waals surface area contributed by atoms with E-state index in [4.69, 9.17) is 37.0 Å². The number of unbranched alkanes of at least 4 members (excludes halogenated alkanes) is 1. The number of carbonyl (C=O) groups is 1. The summed E-state index contributed by atoms with van der Waals surface area (Å²) in [5.74, 6) is 0. The van der Waals surface area contributed by atoms with E-state index in [2.05, 4.69) is 10.6 Å². The topological polar surface area (TPSA) is 194 Å². The van der Waals surface area contributed by atoms with Gasteiger partial charge in [-0.3, -0.25) is 0 Å². The van der Waals surface area contributed by atoms with Gasteiger partial charge in [-0.2, -0.15) is 0 Å². The SMILES string of the molecule is NCCCNCCCCNCCCN.O=C[C@@H](O)[C@@H](O)[C@H](O)[C@H](O)CO. The third-order valence-corrected chi connectivity index (χ3v) is 3.49. The van der Waals surface area contributed by atoms with Gasteiger partial charge in [0, 0.05) is 0 Å². The van der Waals surface area contributed by atoms with E-state index in [-0.39, 0.29) is 6.29 Å². The van der Waals surface area contributed by atoms with Gasteiger partial charge < -0.3 is 52.4 Å². The molecule has 0 fully saturated rings. The van der Waals surface area contributed by atoms with Crippen LogP contribution in [0.1, 0.15) is 25.7 Å². The molecule has 0 aromatic carbocycles. The zero-order valence-electron chi connectivity index (χ0n) is 15.5. The summed E-state index contributed by atoms with van der Waals surface area (Å²) in [7, 11) is 0. The highest BCUT2D eigenvalue weighted by Gasteiger charge is 2.29. The first-order valence-electron chi connectivity index (χ1n) is 9.06. The van der Waals surface area contributed by atoms with Crippen molar-refractivity contribution in [3.05, 3.63) is 0 Å². The smallest absolute Gasteiger partial charge is 0.151 e. The van der Waals surface area contributed by atoms with Gasteiger partial charge in [-0.05, 0) is 65.0 Å². The fourth-order valence-corrected chi connectivity index (χ4v) is 1.82. The summed E-state index contributed by atoms with van der Waals surface area (Å²) in [6.07, 6.45) is -2.21. The van der Waals surface area contributed by atoms with Crippen LogP contribution in [-0.2, 0) is 4.79 Å². The van der Waals surface area contributed by atoms with Crippen molar-refractivity contribution in [1.29, 1.82) is 0 Å². The lowest BCUT2D eigenvalue weighted by Crippen LogP contribution is -2.46. The van der Waals surface area contributed by atoms with Gasteiger partial charge in [0.25, 0.3) is 0 Å². The molecule has 158 valence electrons. The Labute approximate surface area is 155 Å². The van der Waals surface area contributed by atoms with E-state index in [1.165, 1.54) is 12.8 Å². The van der Waals surface area contributed by atoms with Crippen molar-refractivity contribution in [2.75, 3.05) is 45.9 Å². The monoisotopic (exact) mass is 382 g/mol. The zero-order valence-corrected chi connectivity index (χ0v) is 15.5. The summed E-state index contributed by atoms with van der Waals surface area (Å²) >= 11 is 0. The van der Waals surface area contributed by atoms with Gasteiger partial charge in [-0.1, -0.05) is 0 Å². The fraction of sp³-hybridized carbons (Fsp3) is 0.938. The van der Waals surface area contributed by atoms with E-state index in [1.807, 2.05) is 0 Å². The number of carbonyl (C=O) groups excluding carboxylic acids is 1. The van der Waals surface area contributed by atoms with Crippen molar-refractivity contribution < 1.29 is 30.3 Å². The predicted octanol–water partition coefficient (Wildman–Crippen LogP) is -3.74.